The maximum Gasteiger partial charge on any atom is 0.116 e. The molecule has 2 heteroatoms. The van der Waals surface area contributed by atoms with Gasteiger partial charge in [-0.05, 0) is 25.7 Å². The summed E-state index contributed by atoms with van der Waals surface area (Å²) in [5.74, 6) is 0.718. The molecule has 0 aliphatic heterocycles. The molecule has 1 saturated carbocycles. The molecule has 0 atom stereocenters. The van der Waals surface area contributed by atoms with E-state index in [-0.39, 0.29) is 0 Å². The number of hydrogen-bond donors (Lipinski definition) is 0. The van der Waals surface area contributed by atoms with Gasteiger partial charge in [0, 0.05) is 5.92 Å². The fourth-order valence-corrected chi connectivity index (χ4v) is 2.24. The fourth-order valence-electron chi connectivity index (χ4n) is 2.24. The van der Waals surface area contributed by atoms with E-state index >= 15 is 0 Å². The minimum absolute atomic E-state index is 0.718. The maximum atomic E-state index is 5.34. The van der Waals surface area contributed by atoms with Crippen LogP contribution in [0, 0.1) is 5.92 Å². The Hall–Kier alpha value is -0.530. The van der Waals surface area contributed by atoms with E-state index in [0.717, 1.165) is 25.4 Å². The molecule has 0 unspecified atom stereocenters. The summed E-state index contributed by atoms with van der Waals surface area (Å²) in [6, 6.07) is 0. The van der Waals surface area contributed by atoms with Crippen molar-refractivity contribution in [3.63, 3.8) is 0 Å². The standard InChI is InChI=1S/C13H25NO/c1-3-8-13(14-15-11-4-2)12-9-6-5-7-10-12/h12H,3-11H2,1-2H3. The first-order chi connectivity index (χ1) is 7.38. The molecule has 0 aromatic rings. The van der Waals surface area contributed by atoms with Crippen molar-refractivity contribution in [2.45, 2.75) is 65.2 Å². The molecule has 0 amide bonds. The van der Waals surface area contributed by atoms with Crippen LogP contribution in [0.1, 0.15) is 65.2 Å². The largest absolute Gasteiger partial charge is 0.396 e. The summed E-state index contributed by atoms with van der Waals surface area (Å²) in [4.78, 5) is 5.34. The third-order valence-corrected chi connectivity index (χ3v) is 3.06. The lowest BCUT2D eigenvalue weighted by atomic mass is 9.84. The smallest absolute Gasteiger partial charge is 0.116 e. The molecule has 2 nitrogen and oxygen atoms in total. The molecule has 0 heterocycles. The summed E-state index contributed by atoms with van der Waals surface area (Å²) in [5.41, 5.74) is 1.32. The summed E-state index contributed by atoms with van der Waals surface area (Å²) >= 11 is 0. The van der Waals surface area contributed by atoms with Crippen molar-refractivity contribution in [1.29, 1.82) is 0 Å². The van der Waals surface area contributed by atoms with Gasteiger partial charge in [-0.1, -0.05) is 44.7 Å². The Kier molecular flexibility index (Phi) is 6.45. The van der Waals surface area contributed by atoms with Gasteiger partial charge < -0.3 is 4.84 Å². The molecule has 0 radical (unpaired) electrons. The van der Waals surface area contributed by atoms with Crippen molar-refractivity contribution in [1.82, 2.24) is 0 Å². The predicted molar refractivity (Wildman–Crippen MR) is 65.2 cm³/mol. The third-order valence-electron chi connectivity index (χ3n) is 3.06. The van der Waals surface area contributed by atoms with Crippen LogP contribution in [0.4, 0.5) is 0 Å². The Morgan fingerprint density at radius 3 is 2.47 bits per heavy atom. The van der Waals surface area contributed by atoms with E-state index in [2.05, 4.69) is 19.0 Å². The molecule has 1 aliphatic carbocycles. The van der Waals surface area contributed by atoms with Crippen molar-refractivity contribution < 1.29 is 4.84 Å². The number of hydrogen-bond acceptors (Lipinski definition) is 2. The molecule has 0 spiro atoms. The molecule has 1 aliphatic rings. The van der Waals surface area contributed by atoms with Gasteiger partial charge in [0.25, 0.3) is 0 Å². The van der Waals surface area contributed by atoms with Crippen LogP contribution in [0.25, 0.3) is 0 Å². The van der Waals surface area contributed by atoms with Gasteiger partial charge in [0.05, 0.1) is 5.71 Å². The van der Waals surface area contributed by atoms with Crippen molar-refractivity contribution in [2.75, 3.05) is 6.61 Å². The lowest BCUT2D eigenvalue weighted by Gasteiger charge is -2.22. The summed E-state index contributed by atoms with van der Waals surface area (Å²) in [6.45, 7) is 5.10. The van der Waals surface area contributed by atoms with Crippen LogP contribution in [0.2, 0.25) is 0 Å². The lowest BCUT2D eigenvalue weighted by Crippen LogP contribution is -2.18. The van der Waals surface area contributed by atoms with Crippen molar-refractivity contribution >= 4 is 5.71 Å². The molecular weight excluding hydrogens is 186 g/mol. The second kappa shape index (κ2) is 7.72. The highest BCUT2D eigenvalue weighted by atomic mass is 16.6. The highest BCUT2D eigenvalue weighted by Crippen LogP contribution is 2.26. The van der Waals surface area contributed by atoms with Crippen LogP contribution in [0.5, 0.6) is 0 Å². The molecule has 0 N–H and O–H groups in total. The summed E-state index contributed by atoms with van der Waals surface area (Å²) in [5, 5.41) is 4.34. The fraction of sp³-hybridized carbons (Fsp3) is 0.923. The predicted octanol–water partition coefficient (Wildman–Crippen LogP) is 4.15. The zero-order valence-corrected chi connectivity index (χ0v) is 10.3. The second-order valence-electron chi connectivity index (χ2n) is 4.50. The highest BCUT2D eigenvalue weighted by molar-refractivity contribution is 5.86. The van der Waals surface area contributed by atoms with Gasteiger partial charge in [0.1, 0.15) is 6.61 Å². The first kappa shape index (κ1) is 12.5. The third kappa shape index (κ3) is 4.67. The molecule has 1 fully saturated rings. The first-order valence-corrected chi connectivity index (χ1v) is 6.57. The van der Waals surface area contributed by atoms with Crippen LogP contribution in [0.15, 0.2) is 5.16 Å². The Labute approximate surface area is 94.1 Å². The average molecular weight is 211 g/mol. The van der Waals surface area contributed by atoms with Crippen LogP contribution in [-0.2, 0) is 4.84 Å². The van der Waals surface area contributed by atoms with E-state index in [1.165, 1.54) is 44.2 Å². The number of nitrogens with zero attached hydrogens (tertiary/aromatic N) is 1. The topological polar surface area (TPSA) is 21.6 Å². The Morgan fingerprint density at radius 2 is 1.87 bits per heavy atom. The normalized spacial score (nSPS) is 19.2. The van der Waals surface area contributed by atoms with Crippen molar-refractivity contribution in [3.05, 3.63) is 0 Å². The molecular formula is C13H25NO. The molecule has 88 valence electrons. The van der Waals surface area contributed by atoms with Gasteiger partial charge in [-0.25, -0.2) is 0 Å². The lowest BCUT2D eigenvalue weighted by molar-refractivity contribution is 0.141. The van der Waals surface area contributed by atoms with E-state index in [0.29, 0.717) is 0 Å². The maximum absolute atomic E-state index is 5.34. The van der Waals surface area contributed by atoms with Gasteiger partial charge in [-0.15, -0.1) is 0 Å². The van der Waals surface area contributed by atoms with E-state index < -0.39 is 0 Å². The number of rotatable bonds is 6. The van der Waals surface area contributed by atoms with Crippen molar-refractivity contribution in [3.8, 4) is 0 Å². The van der Waals surface area contributed by atoms with Crippen LogP contribution >= 0.6 is 0 Å². The van der Waals surface area contributed by atoms with Crippen molar-refractivity contribution in [2.24, 2.45) is 11.1 Å². The Bertz CT molecular complexity index is 183. The van der Waals surface area contributed by atoms with E-state index in [9.17, 15) is 0 Å². The number of oxime groups is 1. The van der Waals surface area contributed by atoms with E-state index in [1.807, 2.05) is 0 Å². The molecule has 0 bridgehead atoms. The quantitative estimate of drug-likeness (QED) is 0.367. The van der Waals surface area contributed by atoms with Crippen LogP contribution in [-0.4, -0.2) is 12.3 Å². The second-order valence-corrected chi connectivity index (χ2v) is 4.50. The monoisotopic (exact) mass is 211 g/mol. The summed E-state index contributed by atoms with van der Waals surface area (Å²) < 4.78 is 0. The zero-order chi connectivity index (χ0) is 10.9. The highest BCUT2D eigenvalue weighted by Gasteiger charge is 2.19. The molecule has 15 heavy (non-hydrogen) atoms. The minimum Gasteiger partial charge on any atom is -0.396 e. The molecule has 1 rings (SSSR count). The molecule has 0 aromatic heterocycles. The summed E-state index contributed by atoms with van der Waals surface area (Å²) in [7, 11) is 0. The average Bonchev–Trinajstić information content (AvgIpc) is 2.29. The van der Waals surface area contributed by atoms with Gasteiger partial charge in [0.15, 0.2) is 0 Å². The van der Waals surface area contributed by atoms with Gasteiger partial charge in [0.2, 0.25) is 0 Å². The Morgan fingerprint density at radius 1 is 1.13 bits per heavy atom. The van der Waals surface area contributed by atoms with Crippen LogP contribution in [0.3, 0.4) is 0 Å². The van der Waals surface area contributed by atoms with Gasteiger partial charge >= 0.3 is 0 Å². The van der Waals surface area contributed by atoms with Gasteiger partial charge in [-0.2, -0.15) is 0 Å². The zero-order valence-electron chi connectivity index (χ0n) is 10.3. The Balaban J connectivity index is 2.43. The van der Waals surface area contributed by atoms with Gasteiger partial charge in [-0.3, -0.25) is 0 Å². The summed E-state index contributed by atoms with van der Waals surface area (Å²) in [6.07, 6.45) is 10.2. The van der Waals surface area contributed by atoms with Crippen LogP contribution < -0.4 is 0 Å². The van der Waals surface area contributed by atoms with E-state index in [4.69, 9.17) is 4.84 Å². The molecule has 0 aromatic carbocycles. The first-order valence-electron chi connectivity index (χ1n) is 6.57. The molecule has 0 saturated heterocycles. The minimum atomic E-state index is 0.718. The SMILES string of the molecule is CCCON=C(CCC)C1CCCCC1. The van der Waals surface area contributed by atoms with E-state index in [1.54, 1.807) is 0 Å².